The summed E-state index contributed by atoms with van der Waals surface area (Å²) in [6.07, 6.45) is 0. The average Bonchev–Trinajstić information content (AvgIpc) is 2.83. The minimum atomic E-state index is 0.578. The van der Waals surface area contributed by atoms with Gasteiger partial charge in [0.05, 0.1) is 3.79 Å². The standard InChI is InChI=1S/C16H19BrClNOS/c1-11(2)8-19-9-12-7-13(18)3-5-15(12)20-10-14-4-6-16(17)21-14/h3-7,11,19H,8-10H2,1-2H3. The molecular formula is C16H19BrClNOS. The largest absolute Gasteiger partial charge is 0.488 e. The number of hydrogen-bond donors (Lipinski definition) is 1. The lowest BCUT2D eigenvalue weighted by Crippen LogP contribution is -2.19. The Bertz CT molecular complexity index is 585. The number of halogens is 2. The first-order valence-electron chi connectivity index (χ1n) is 6.90. The van der Waals surface area contributed by atoms with Gasteiger partial charge in [-0.3, -0.25) is 0 Å². The van der Waals surface area contributed by atoms with Crippen molar-refractivity contribution in [2.24, 2.45) is 5.92 Å². The van der Waals surface area contributed by atoms with Crippen molar-refractivity contribution in [3.8, 4) is 5.75 Å². The molecule has 1 aromatic heterocycles. The Morgan fingerprint density at radius 1 is 1.29 bits per heavy atom. The Morgan fingerprint density at radius 2 is 2.10 bits per heavy atom. The number of rotatable bonds is 7. The molecule has 0 saturated heterocycles. The maximum absolute atomic E-state index is 6.09. The van der Waals surface area contributed by atoms with Crippen molar-refractivity contribution >= 4 is 38.9 Å². The zero-order valence-corrected chi connectivity index (χ0v) is 15.3. The van der Waals surface area contributed by atoms with Gasteiger partial charge in [0.2, 0.25) is 0 Å². The zero-order chi connectivity index (χ0) is 15.2. The van der Waals surface area contributed by atoms with Crippen LogP contribution in [-0.2, 0) is 13.2 Å². The molecule has 0 aliphatic carbocycles. The minimum absolute atomic E-state index is 0.578. The summed E-state index contributed by atoms with van der Waals surface area (Å²) in [4.78, 5) is 1.19. The van der Waals surface area contributed by atoms with Crippen molar-refractivity contribution in [1.82, 2.24) is 5.32 Å². The van der Waals surface area contributed by atoms with E-state index in [0.29, 0.717) is 12.5 Å². The zero-order valence-electron chi connectivity index (χ0n) is 12.2. The first-order valence-corrected chi connectivity index (χ1v) is 8.89. The van der Waals surface area contributed by atoms with Crippen LogP contribution in [0.3, 0.4) is 0 Å². The van der Waals surface area contributed by atoms with Gasteiger partial charge in [0, 0.05) is 22.0 Å². The lowest BCUT2D eigenvalue weighted by molar-refractivity contribution is 0.305. The van der Waals surface area contributed by atoms with Crippen LogP contribution in [0.1, 0.15) is 24.3 Å². The van der Waals surface area contributed by atoms with E-state index in [2.05, 4.69) is 41.2 Å². The fourth-order valence-electron chi connectivity index (χ4n) is 1.90. The van der Waals surface area contributed by atoms with Crippen molar-refractivity contribution in [2.75, 3.05) is 6.54 Å². The third kappa shape index (κ3) is 5.62. The molecule has 0 saturated carbocycles. The number of ether oxygens (including phenoxy) is 1. The Labute approximate surface area is 143 Å². The summed E-state index contributed by atoms with van der Waals surface area (Å²) in [5.41, 5.74) is 1.10. The van der Waals surface area contributed by atoms with E-state index in [-0.39, 0.29) is 0 Å². The fourth-order valence-corrected chi connectivity index (χ4v) is 3.49. The van der Waals surface area contributed by atoms with Crippen LogP contribution < -0.4 is 10.1 Å². The summed E-state index contributed by atoms with van der Waals surface area (Å²) in [5, 5.41) is 4.17. The van der Waals surface area contributed by atoms with Crippen LogP contribution in [0.25, 0.3) is 0 Å². The van der Waals surface area contributed by atoms with Crippen LogP contribution in [0.5, 0.6) is 5.75 Å². The highest BCUT2D eigenvalue weighted by molar-refractivity contribution is 9.11. The van der Waals surface area contributed by atoms with E-state index in [0.717, 1.165) is 33.2 Å². The second-order valence-corrected chi connectivity index (χ2v) is 8.26. The van der Waals surface area contributed by atoms with E-state index in [1.165, 1.54) is 4.88 Å². The molecule has 0 spiro atoms. The maximum Gasteiger partial charge on any atom is 0.124 e. The third-order valence-electron chi connectivity index (χ3n) is 2.89. The molecule has 0 atom stereocenters. The smallest absolute Gasteiger partial charge is 0.124 e. The quantitative estimate of drug-likeness (QED) is 0.677. The molecule has 0 unspecified atom stereocenters. The highest BCUT2D eigenvalue weighted by Crippen LogP contribution is 2.26. The van der Waals surface area contributed by atoms with Crippen molar-refractivity contribution in [3.63, 3.8) is 0 Å². The molecule has 0 aliphatic rings. The lowest BCUT2D eigenvalue weighted by atomic mass is 10.2. The second kappa shape index (κ2) is 8.18. The average molecular weight is 389 g/mol. The highest BCUT2D eigenvalue weighted by Gasteiger charge is 2.07. The van der Waals surface area contributed by atoms with Crippen molar-refractivity contribution in [2.45, 2.75) is 27.0 Å². The van der Waals surface area contributed by atoms with Crippen LogP contribution in [0, 0.1) is 5.92 Å². The van der Waals surface area contributed by atoms with Crippen molar-refractivity contribution in [3.05, 3.63) is 49.6 Å². The predicted molar refractivity (Wildman–Crippen MR) is 94.3 cm³/mol. The summed E-state index contributed by atoms with van der Waals surface area (Å²) in [5.74, 6) is 1.51. The molecule has 2 aromatic rings. The van der Waals surface area contributed by atoms with Gasteiger partial charge in [-0.1, -0.05) is 25.4 Å². The first kappa shape index (κ1) is 16.8. The molecule has 1 heterocycles. The SMILES string of the molecule is CC(C)CNCc1cc(Cl)ccc1OCc1ccc(Br)s1. The van der Waals surface area contributed by atoms with Crippen LogP contribution in [0.4, 0.5) is 0 Å². The molecule has 0 amide bonds. The number of benzene rings is 1. The Kier molecular flexibility index (Phi) is 6.55. The van der Waals surface area contributed by atoms with Crippen LogP contribution in [0.15, 0.2) is 34.1 Å². The van der Waals surface area contributed by atoms with Crippen LogP contribution in [-0.4, -0.2) is 6.54 Å². The summed E-state index contributed by atoms with van der Waals surface area (Å²) in [6, 6.07) is 9.89. The Hall–Kier alpha value is -0.550. The van der Waals surface area contributed by atoms with E-state index in [1.807, 2.05) is 24.3 Å². The Morgan fingerprint density at radius 3 is 2.76 bits per heavy atom. The molecule has 2 rings (SSSR count). The van der Waals surface area contributed by atoms with Gasteiger partial charge in [-0.05, 0) is 58.7 Å². The molecule has 1 aromatic carbocycles. The van der Waals surface area contributed by atoms with Gasteiger partial charge in [0.25, 0.3) is 0 Å². The summed E-state index contributed by atoms with van der Waals surface area (Å²) >= 11 is 11.2. The van der Waals surface area contributed by atoms with Gasteiger partial charge in [-0.25, -0.2) is 0 Å². The molecule has 0 fully saturated rings. The van der Waals surface area contributed by atoms with Gasteiger partial charge < -0.3 is 10.1 Å². The topological polar surface area (TPSA) is 21.3 Å². The molecular weight excluding hydrogens is 370 g/mol. The van der Waals surface area contributed by atoms with E-state index in [4.69, 9.17) is 16.3 Å². The molecule has 1 N–H and O–H groups in total. The Balaban J connectivity index is 2.00. The summed E-state index contributed by atoms with van der Waals surface area (Å²) < 4.78 is 7.06. The van der Waals surface area contributed by atoms with Gasteiger partial charge in [-0.2, -0.15) is 0 Å². The molecule has 21 heavy (non-hydrogen) atoms. The van der Waals surface area contributed by atoms with Crippen LogP contribution in [0.2, 0.25) is 5.02 Å². The molecule has 2 nitrogen and oxygen atoms in total. The molecule has 0 radical (unpaired) electrons. The predicted octanol–water partition coefficient (Wildman–Crippen LogP) is 5.49. The van der Waals surface area contributed by atoms with E-state index in [1.54, 1.807) is 11.3 Å². The molecule has 0 aliphatic heterocycles. The minimum Gasteiger partial charge on any atom is -0.488 e. The van der Waals surface area contributed by atoms with E-state index >= 15 is 0 Å². The third-order valence-corrected chi connectivity index (χ3v) is 4.72. The van der Waals surface area contributed by atoms with Gasteiger partial charge in [0.15, 0.2) is 0 Å². The molecule has 0 bridgehead atoms. The fraction of sp³-hybridized carbons (Fsp3) is 0.375. The monoisotopic (exact) mass is 387 g/mol. The molecule has 114 valence electrons. The molecule has 5 heteroatoms. The number of hydrogen-bond acceptors (Lipinski definition) is 3. The first-order chi connectivity index (χ1) is 10.0. The lowest BCUT2D eigenvalue weighted by Gasteiger charge is -2.13. The van der Waals surface area contributed by atoms with Gasteiger partial charge in [-0.15, -0.1) is 11.3 Å². The summed E-state index contributed by atoms with van der Waals surface area (Å²) in [6.45, 7) is 6.70. The number of thiophene rings is 1. The van der Waals surface area contributed by atoms with E-state index < -0.39 is 0 Å². The van der Waals surface area contributed by atoms with Crippen LogP contribution >= 0.6 is 38.9 Å². The van der Waals surface area contributed by atoms with Gasteiger partial charge >= 0.3 is 0 Å². The highest BCUT2D eigenvalue weighted by atomic mass is 79.9. The maximum atomic E-state index is 6.09. The van der Waals surface area contributed by atoms with Gasteiger partial charge in [0.1, 0.15) is 12.4 Å². The van der Waals surface area contributed by atoms with E-state index in [9.17, 15) is 0 Å². The number of nitrogens with one attached hydrogen (secondary N) is 1. The van der Waals surface area contributed by atoms with Crippen molar-refractivity contribution in [1.29, 1.82) is 0 Å². The normalized spacial score (nSPS) is 11.1. The summed E-state index contributed by atoms with van der Waals surface area (Å²) in [7, 11) is 0. The van der Waals surface area contributed by atoms with Crippen molar-refractivity contribution < 1.29 is 4.74 Å². The second-order valence-electron chi connectivity index (χ2n) is 5.27.